The van der Waals surface area contributed by atoms with Crippen LogP contribution in [0.25, 0.3) is 0 Å². The lowest BCUT2D eigenvalue weighted by Crippen LogP contribution is -2.47. The first-order chi connectivity index (χ1) is 7.40. The summed E-state index contributed by atoms with van der Waals surface area (Å²) >= 11 is 0. The predicted molar refractivity (Wildman–Crippen MR) is 61.9 cm³/mol. The molecule has 3 unspecified atom stereocenters. The smallest absolute Gasteiger partial charge is 0.308 e. The molecule has 0 aliphatic carbocycles. The number of hydrogen-bond acceptors (Lipinski definition) is 3. The number of carboxylic acid groups (broad SMARTS) is 1. The van der Waals surface area contributed by atoms with Crippen molar-refractivity contribution in [3.63, 3.8) is 0 Å². The molecule has 0 radical (unpaired) electrons. The van der Waals surface area contributed by atoms with Crippen molar-refractivity contribution in [2.75, 3.05) is 0 Å². The van der Waals surface area contributed by atoms with Gasteiger partial charge in [-0.25, -0.2) is 0 Å². The number of rotatable bonds is 7. The third-order valence-electron chi connectivity index (χ3n) is 2.71. The van der Waals surface area contributed by atoms with Crippen molar-refractivity contribution in [2.45, 2.75) is 52.1 Å². The van der Waals surface area contributed by atoms with E-state index in [1.54, 1.807) is 13.8 Å². The molecule has 5 nitrogen and oxygen atoms in total. The number of amides is 1. The Labute approximate surface area is 96.4 Å². The van der Waals surface area contributed by atoms with E-state index in [1.165, 1.54) is 0 Å². The largest absolute Gasteiger partial charge is 0.481 e. The summed E-state index contributed by atoms with van der Waals surface area (Å²) in [6.45, 7) is 5.26. The lowest BCUT2D eigenvalue weighted by molar-refractivity contribution is -0.142. The van der Waals surface area contributed by atoms with Crippen LogP contribution in [0.5, 0.6) is 0 Å². The van der Waals surface area contributed by atoms with Gasteiger partial charge in [0.15, 0.2) is 0 Å². The van der Waals surface area contributed by atoms with Crippen molar-refractivity contribution in [1.82, 2.24) is 5.32 Å². The van der Waals surface area contributed by atoms with E-state index in [0.29, 0.717) is 6.42 Å². The molecule has 0 aromatic carbocycles. The van der Waals surface area contributed by atoms with Crippen LogP contribution >= 0.6 is 0 Å². The highest BCUT2D eigenvalue weighted by atomic mass is 16.4. The zero-order valence-electron chi connectivity index (χ0n) is 10.2. The second-order valence-corrected chi connectivity index (χ2v) is 4.17. The molecule has 0 bridgehead atoms. The molecule has 0 heterocycles. The second kappa shape index (κ2) is 7.22. The number of hydrogen-bond donors (Lipinski definition) is 3. The summed E-state index contributed by atoms with van der Waals surface area (Å²) in [5.74, 6) is -1.80. The Morgan fingerprint density at radius 1 is 1.38 bits per heavy atom. The standard InChI is InChI=1S/C11H22N2O3/c1-4-5-6-9(12)10(14)13-8(3)7(2)11(15)16/h7-9H,4-6,12H2,1-3H3,(H,13,14)(H,15,16). The Morgan fingerprint density at radius 3 is 2.38 bits per heavy atom. The molecular formula is C11H22N2O3. The number of nitrogens with two attached hydrogens (primary N) is 1. The highest BCUT2D eigenvalue weighted by molar-refractivity contribution is 5.82. The van der Waals surface area contributed by atoms with Gasteiger partial charge in [-0.3, -0.25) is 9.59 Å². The molecule has 16 heavy (non-hydrogen) atoms. The van der Waals surface area contributed by atoms with Crippen LogP contribution in [-0.2, 0) is 9.59 Å². The Hall–Kier alpha value is -1.10. The molecule has 0 fully saturated rings. The monoisotopic (exact) mass is 230 g/mol. The number of unbranched alkanes of at least 4 members (excludes halogenated alkanes) is 1. The summed E-state index contributed by atoms with van der Waals surface area (Å²) in [6.07, 6.45) is 2.52. The molecular weight excluding hydrogens is 208 g/mol. The zero-order valence-corrected chi connectivity index (χ0v) is 10.2. The fourth-order valence-corrected chi connectivity index (χ4v) is 1.23. The quantitative estimate of drug-likeness (QED) is 0.601. The van der Waals surface area contributed by atoms with Crippen molar-refractivity contribution in [1.29, 1.82) is 0 Å². The average Bonchev–Trinajstić information content (AvgIpc) is 2.24. The fourth-order valence-electron chi connectivity index (χ4n) is 1.23. The Morgan fingerprint density at radius 2 is 1.94 bits per heavy atom. The highest BCUT2D eigenvalue weighted by Gasteiger charge is 2.23. The Kier molecular flexibility index (Phi) is 6.72. The minimum atomic E-state index is -0.921. The number of carbonyl (C=O) groups is 2. The summed E-state index contributed by atoms with van der Waals surface area (Å²) in [6, 6.07) is -0.943. The van der Waals surface area contributed by atoms with E-state index in [2.05, 4.69) is 5.32 Å². The summed E-state index contributed by atoms with van der Waals surface area (Å²) < 4.78 is 0. The van der Waals surface area contributed by atoms with E-state index in [4.69, 9.17) is 10.8 Å². The molecule has 0 saturated heterocycles. The lowest BCUT2D eigenvalue weighted by atomic mass is 10.0. The Bertz CT molecular complexity index is 243. The van der Waals surface area contributed by atoms with Gasteiger partial charge in [0, 0.05) is 6.04 Å². The summed E-state index contributed by atoms with van der Waals surface area (Å²) in [5.41, 5.74) is 5.67. The minimum Gasteiger partial charge on any atom is -0.481 e. The van der Waals surface area contributed by atoms with Crippen molar-refractivity contribution in [2.24, 2.45) is 11.7 Å². The van der Waals surface area contributed by atoms with Gasteiger partial charge in [-0.15, -0.1) is 0 Å². The number of nitrogens with one attached hydrogen (secondary N) is 1. The molecule has 0 aromatic rings. The third-order valence-corrected chi connectivity index (χ3v) is 2.71. The van der Waals surface area contributed by atoms with Gasteiger partial charge in [0.25, 0.3) is 0 Å². The van der Waals surface area contributed by atoms with Crippen LogP contribution in [0, 0.1) is 5.92 Å². The summed E-state index contributed by atoms with van der Waals surface area (Å²) in [4.78, 5) is 22.2. The van der Waals surface area contributed by atoms with Gasteiger partial charge in [-0.1, -0.05) is 19.8 Å². The predicted octanol–water partition coefficient (Wildman–Crippen LogP) is 0.729. The molecule has 0 saturated carbocycles. The van der Waals surface area contributed by atoms with Crippen LogP contribution in [0.3, 0.4) is 0 Å². The molecule has 4 N–H and O–H groups in total. The van der Waals surface area contributed by atoms with E-state index < -0.39 is 24.0 Å². The topological polar surface area (TPSA) is 92.4 Å². The van der Waals surface area contributed by atoms with Gasteiger partial charge in [-0.05, 0) is 20.3 Å². The molecule has 0 aliphatic heterocycles. The van der Waals surface area contributed by atoms with E-state index >= 15 is 0 Å². The maximum Gasteiger partial charge on any atom is 0.308 e. The molecule has 0 aliphatic rings. The van der Waals surface area contributed by atoms with E-state index in [-0.39, 0.29) is 5.91 Å². The van der Waals surface area contributed by atoms with Crippen LogP contribution in [-0.4, -0.2) is 29.1 Å². The molecule has 1 amide bonds. The molecule has 94 valence electrons. The van der Waals surface area contributed by atoms with Gasteiger partial charge in [0.05, 0.1) is 12.0 Å². The van der Waals surface area contributed by atoms with Crippen LogP contribution in [0.15, 0.2) is 0 Å². The van der Waals surface area contributed by atoms with E-state index in [9.17, 15) is 9.59 Å². The Balaban J connectivity index is 4.07. The van der Waals surface area contributed by atoms with Crippen molar-refractivity contribution in [3.05, 3.63) is 0 Å². The maximum absolute atomic E-state index is 11.6. The third kappa shape index (κ3) is 5.11. The van der Waals surface area contributed by atoms with Crippen LogP contribution < -0.4 is 11.1 Å². The number of carboxylic acids is 1. The van der Waals surface area contributed by atoms with Gasteiger partial charge >= 0.3 is 5.97 Å². The number of aliphatic carboxylic acids is 1. The first-order valence-corrected chi connectivity index (χ1v) is 5.68. The SMILES string of the molecule is CCCCC(N)C(=O)NC(C)C(C)C(=O)O. The molecule has 0 aromatic heterocycles. The lowest BCUT2D eigenvalue weighted by Gasteiger charge is -2.20. The van der Waals surface area contributed by atoms with Crippen molar-refractivity contribution < 1.29 is 14.7 Å². The molecule has 5 heteroatoms. The molecule has 0 spiro atoms. The van der Waals surface area contributed by atoms with E-state index in [1.807, 2.05) is 6.92 Å². The minimum absolute atomic E-state index is 0.269. The van der Waals surface area contributed by atoms with Crippen LogP contribution in [0.2, 0.25) is 0 Å². The van der Waals surface area contributed by atoms with E-state index in [0.717, 1.165) is 12.8 Å². The normalized spacial score (nSPS) is 16.2. The van der Waals surface area contributed by atoms with Crippen LogP contribution in [0.1, 0.15) is 40.0 Å². The number of carbonyl (C=O) groups excluding carboxylic acids is 1. The van der Waals surface area contributed by atoms with Gasteiger partial charge < -0.3 is 16.2 Å². The second-order valence-electron chi connectivity index (χ2n) is 4.17. The molecule has 0 rings (SSSR count). The zero-order chi connectivity index (χ0) is 12.7. The highest BCUT2D eigenvalue weighted by Crippen LogP contribution is 2.04. The summed E-state index contributed by atoms with van der Waals surface area (Å²) in [7, 11) is 0. The summed E-state index contributed by atoms with van der Waals surface area (Å²) in [5, 5.41) is 11.4. The van der Waals surface area contributed by atoms with Crippen molar-refractivity contribution >= 4 is 11.9 Å². The van der Waals surface area contributed by atoms with Gasteiger partial charge in [-0.2, -0.15) is 0 Å². The van der Waals surface area contributed by atoms with Gasteiger partial charge in [0.2, 0.25) is 5.91 Å². The average molecular weight is 230 g/mol. The van der Waals surface area contributed by atoms with Crippen LogP contribution in [0.4, 0.5) is 0 Å². The first kappa shape index (κ1) is 14.9. The van der Waals surface area contributed by atoms with Gasteiger partial charge in [0.1, 0.15) is 0 Å². The fraction of sp³-hybridized carbons (Fsp3) is 0.818. The maximum atomic E-state index is 11.6. The first-order valence-electron chi connectivity index (χ1n) is 5.68. The molecule has 3 atom stereocenters. The van der Waals surface area contributed by atoms with Crippen molar-refractivity contribution in [3.8, 4) is 0 Å².